The van der Waals surface area contributed by atoms with Crippen LogP contribution >= 0.6 is 0 Å². The maximum Gasteiger partial charge on any atom is 0.0705 e. The molecular weight excluding hydrogens is 280 g/mol. The molecule has 2 aromatic heterocycles. The predicted octanol–water partition coefficient (Wildman–Crippen LogP) is 4.81. The van der Waals surface area contributed by atoms with Crippen LogP contribution in [0.5, 0.6) is 0 Å². The fraction of sp³-hybridized carbons (Fsp3) is 0.0476. The average molecular weight is 296 g/mol. The molecule has 2 heterocycles. The van der Waals surface area contributed by atoms with Gasteiger partial charge in [0.05, 0.1) is 22.8 Å². The quantitative estimate of drug-likeness (QED) is 0.542. The van der Waals surface area contributed by atoms with Crippen molar-refractivity contribution in [3.05, 3.63) is 108 Å². The van der Waals surface area contributed by atoms with Crippen LogP contribution in [0.3, 0.4) is 0 Å². The maximum absolute atomic E-state index is 4.89. The van der Waals surface area contributed by atoms with Crippen molar-refractivity contribution in [1.29, 1.82) is 0 Å². The second-order valence-corrected chi connectivity index (χ2v) is 5.53. The van der Waals surface area contributed by atoms with E-state index in [0.29, 0.717) is 0 Å². The number of benzene rings is 2. The monoisotopic (exact) mass is 296 g/mol. The van der Waals surface area contributed by atoms with Crippen molar-refractivity contribution in [3.8, 4) is 0 Å². The molecule has 2 heteroatoms. The predicted molar refractivity (Wildman–Crippen MR) is 93.4 cm³/mol. The SMILES string of the molecule is c1ccc(C(c2ccccn2)c2ccc3ccccc3n2)cc1. The lowest BCUT2D eigenvalue weighted by atomic mass is 9.91. The Balaban J connectivity index is 1.90. The van der Waals surface area contributed by atoms with Gasteiger partial charge in [-0.1, -0.05) is 60.7 Å². The van der Waals surface area contributed by atoms with E-state index in [-0.39, 0.29) is 5.92 Å². The normalized spacial score (nSPS) is 12.2. The number of rotatable bonds is 3. The highest BCUT2D eigenvalue weighted by molar-refractivity contribution is 5.78. The molecule has 0 amide bonds. The second kappa shape index (κ2) is 6.01. The average Bonchev–Trinajstić information content (AvgIpc) is 2.64. The van der Waals surface area contributed by atoms with E-state index in [1.165, 1.54) is 5.56 Å². The molecule has 0 aliphatic heterocycles. The van der Waals surface area contributed by atoms with Gasteiger partial charge in [-0.25, -0.2) is 0 Å². The summed E-state index contributed by atoms with van der Waals surface area (Å²) in [6, 6.07) is 28.9. The largest absolute Gasteiger partial charge is 0.260 e. The topological polar surface area (TPSA) is 25.8 Å². The molecule has 0 spiro atoms. The summed E-state index contributed by atoms with van der Waals surface area (Å²) in [5.74, 6) is 0.0435. The van der Waals surface area contributed by atoms with Crippen LogP contribution in [0.25, 0.3) is 10.9 Å². The van der Waals surface area contributed by atoms with Gasteiger partial charge < -0.3 is 0 Å². The minimum absolute atomic E-state index is 0.0435. The molecule has 0 bridgehead atoms. The highest BCUT2D eigenvalue weighted by atomic mass is 14.7. The Bertz CT molecular complexity index is 878. The number of hydrogen-bond acceptors (Lipinski definition) is 2. The van der Waals surface area contributed by atoms with Crippen molar-refractivity contribution >= 4 is 10.9 Å². The summed E-state index contributed by atoms with van der Waals surface area (Å²) in [7, 11) is 0. The third kappa shape index (κ3) is 2.71. The van der Waals surface area contributed by atoms with Gasteiger partial charge in [0, 0.05) is 11.6 Å². The first-order valence-electron chi connectivity index (χ1n) is 7.73. The Morgan fingerprint density at radius 2 is 1.39 bits per heavy atom. The number of fused-ring (bicyclic) bond motifs is 1. The van der Waals surface area contributed by atoms with Crippen molar-refractivity contribution in [2.45, 2.75) is 5.92 Å². The molecule has 0 N–H and O–H groups in total. The lowest BCUT2D eigenvalue weighted by molar-refractivity contribution is 0.883. The molecule has 1 atom stereocenters. The summed E-state index contributed by atoms with van der Waals surface area (Å²) in [5.41, 5.74) is 4.26. The molecule has 0 fully saturated rings. The molecule has 110 valence electrons. The Morgan fingerprint density at radius 3 is 2.22 bits per heavy atom. The van der Waals surface area contributed by atoms with E-state index in [0.717, 1.165) is 22.3 Å². The van der Waals surface area contributed by atoms with E-state index in [9.17, 15) is 0 Å². The molecular formula is C21H16N2. The summed E-state index contributed by atoms with van der Waals surface area (Å²) < 4.78 is 0. The first kappa shape index (κ1) is 13.6. The van der Waals surface area contributed by atoms with Crippen LogP contribution in [0.2, 0.25) is 0 Å². The lowest BCUT2D eigenvalue weighted by Crippen LogP contribution is -2.07. The minimum Gasteiger partial charge on any atom is -0.260 e. The van der Waals surface area contributed by atoms with Crippen LogP contribution in [-0.4, -0.2) is 9.97 Å². The fourth-order valence-electron chi connectivity index (χ4n) is 2.93. The Kier molecular flexibility index (Phi) is 3.57. The Hall–Kier alpha value is -3.00. The summed E-state index contributed by atoms with van der Waals surface area (Å²) in [5, 5.41) is 1.16. The maximum atomic E-state index is 4.89. The standard InChI is InChI=1S/C21H16N2/c1-2-9-17(10-3-1)21(19-12-6-7-15-22-19)20-14-13-16-8-4-5-11-18(16)23-20/h1-15,21H. The molecule has 1 unspecified atom stereocenters. The lowest BCUT2D eigenvalue weighted by Gasteiger charge is -2.17. The van der Waals surface area contributed by atoms with E-state index < -0.39 is 0 Å². The Labute approximate surface area is 135 Å². The van der Waals surface area contributed by atoms with E-state index in [1.54, 1.807) is 0 Å². The molecule has 0 aliphatic rings. The molecule has 23 heavy (non-hydrogen) atoms. The molecule has 0 saturated carbocycles. The van der Waals surface area contributed by atoms with Gasteiger partial charge in [-0.2, -0.15) is 0 Å². The van der Waals surface area contributed by atoms with Gasteiger partial charge in [0.15, 0.2) is 0 Å². The summed E-state index contributed by atoms with van der Waals surface area (Å²) in [4.78, 5) is 9.46. The fourth-order valence-corrected chi connectivity index (χ4v) is 2.93. The molecule has 0 aliphatic carbocycles. The number of hydrogen-bond donors (Lipinski definition) is 0. The zero-order valence-electron chi connectivity index (χ0n) is 12.6. The minimum atomic E-state index is 0.0435. The van der Waals surface area contributed by atoms with Crippen LogP contribution in [0.15, 0.2) is 91.1 Å². The van der Waals surface area contributed by atoms with Gasteiger partial charge in [-0.3, -0.25) is 9.97 Å². The molecule has 2 nitrogen and oxygen atoms in total. The molecule has 2 aromatic carbocycles. The number of para-hydroxylation sites is 1. The number of pyridine rings is 2. The van der Waals surface area contributed by atoms with Gasteiger partial charge in [-0.05, 0) is 29.8 Å². The van der Waals surface area contributed by atoms with Gasteiger partial charge >= 0.3 is 0 Å². The van der Waals surface area contributed by atoms with Crippen LogP contribution in [-0.2, 0) is 0 Å². The second-order valence-electron chi connectivity index (χ2n) is 5.53. The van der Waals surface area contributed by atoms with Crippen molar-refractivity contribution in [1.82, 2.24) is 9.97 Å². The molecule has 4 rings (SSSR count). The smallest absolute Gasteiger partial charge is 0.0705 e. The summed E-state index contributed by atoms with van der Waals surface area (Å²) >= 11 is 0. The first-order chi connectivity index (χ1) is 11.4. The third-order valence-corrected chi connectivity index (χ3v) is 4.03. The Morgan fingerprint density at radius 1 is 0.609 bits per heavy atom. The highest BCUT2D eigenvalue weighted by Crippen LogP contribution is 2.30. The molecule has 0 saturated heterocycles. The third-order valence-electron chi connectivity index (χ3n) is 4.03. The number of nitrogens with zero attached hydrogens (tertiary/aromatic N) is 2. The van der Waals surface area contributed by atoms with Crippen molar-refractivity contribution in [2.75, 3.05) is 0 Å². The molecule has 4 aromatic rings. The zero-order valence-corrected chi connectivity index (χ0v) is 12.6. The van der Waals surface area contributed by atoms with E-state index in [2.05, 4.69) is 59.6 Å². The van der Waals surface area contributed by atoms with Gasteiger partial charge in [0.1, 0.15) is 0 Å². The van der Waals surface area contributed by atoms with Crippen LogP contribution in [0.4, 0.5) is 0 Å². The van der Waals surface area contributed by atoms with Gasteiger partial charge in [-0.15, -0.1) is 0 Å². The van der Waals surface area contributed by atoms with Crippen molar-refractivity contribution in [2.24, 2.45) is 0 Å². The van der Waals surface area contributed by atoms with Crippen LogP contribution in [0.1, 0.15) is 22.9 Å². The molecule has 0 radical (unpaired) electrons. The van der Waals surface area contributed by atoms with Crippen molar-refractivity contribution in [3.63, 3.8) is 0 Å². The highest BCUT2D eigenvalue weighted by Gasteiger charge is 2.19. The van der Waals surface area contributed by atoms with Crippen molar-refractivity contribution < 1.29 is 0 Å². The summed E-state index contributed by atoms with van der Waals surface area (Å²) in [6.07, 6.45) is 1.84. The van der Waals surface area contributed by atoms with E-state index >= 15 is 0 Å². The van der Waals surface area contributed by atoms with E-state index in [4.69, 9.17) is 4.98 Å². The van der Waals surface area contributed by atoms with Crippen LogP contribution < -0.4 is 0 Å². The zero-order chi connectivity index (χ0) is 15.5. The number of aromatic nitrogens is 2. The van der Waals surface area contributed by atoms with Crippen LogP contribution in [0, 0.1) is 0 Å². The van der Waals surface area contributed by atoms with E-state index in [1.807, 2.05) is 36.5 Å². The van der Waals surface area contributed by atoms with Gasteiger partial charge in [0.25, 0.3) is 0 Å². The first-order valence-corrected chi connectivity index (χ1v) is 7.73. The van der Waals surface area contributed by atoms with Gasteiger partial charge in [0.2, 0.25) is 0 Å². The summed E-state index contributed by atoms with van der Waals surface area (Å²) in [6.45, 7) is 0.